The molecule has 3 N–H and O–H groups in total. The fourth-order valence-electron chi connectivity index (χ4n) is 3.77. The van der Waals surface area contributed by atoms with Crippen LogP contribution in [0.15, 0.2) is 97.5 Å². The van der Waals surface area contributed by atoms with E-state index in [1.54, 1.807) is 30.7 Å². The van der Waals surface area contributed by atoms with Gasteiger partial charge in [0.05, 0.1) is 17.1 Å². The maximum atomic E-state index is 12.9. The number of hydrogen-bond donors (Lipinski definition) is 3. The molecule has 0 radical (unpaired) electrons. The minimum atomic E-state index is -0.209. The molecular weight excluding hydrogens is 467 g/mol. The number of fused-ring (bicyclic) bond motifs is 1. The van der Waals surface area contributed by atoms with Gasteiger partial charge in [-0.1, -0.05) is 6.07 Å². The first-order valence-corrected chi connectivity index (χ1v) is 11.7. The summed E-state index contributed by atoms with van der Waals surface area (Å²) in [5, 5.41) is 20.6. The number of amides is 1. The van der Waals surface area contributed by atoms with E-state index in [1.165, 1.54) is 0 Å². The Morgan fingerprint density at radius 1 is 0.806 bits per heavy atom. The van der Waals surface area contributed by atoms with Gasteiger partial charge < -0.3 is 16.0 Å². The number of rotatable bonds is 6. The molecule has 0 aliphatic heterocycles. The van der Waals surface area contributed by atoms with Crippen LogP contribution >= 0.6 is 9.24 Å². The van der Waals surface area contributed by atoms with Crippen molar-refractivity contribution in [2.24, 2.45) is 0 Å². The highest BCUT2D eigenvalue weighted by atomic mass is 31.0. The van der Waals surface area contributed by atoms with Crippen LogP contribution in [-0.2, 0) is 0 Å². The van der Waals surface area contributed by atoms with Crippen LogP contribution in [-0.4, -0.2) is 15.9 Å². The van der Waals surface area contributed by atoms with Gasteiger partial charge in [0.2, 0.25) is 0 Å². The summed E-state index contributed by atoms with van der Waals surface area (Å²) < 4.78 is 0. The highest BCUT2D eigenvalue weighted by molar-refractivity contribution is 7.28. The lowest BCUT2D eigenvalue weighted by atomic mass is 10.1. The average molecular weight is 488 g/mol. The van der Waals surface area contributed by atoms with Crippen molar-refractivity contribution in [3.8, 4) is 6.07 Å². The number of carbonyl (C=O) groups excluding carboxylic acids is 1. The summed E-state index contributed by atoms with van der Waals surface area (Å²) in [6.07, 6.45) is 5.15. The first kappa shape index (κ1) is 23.0. The summed E-state index contributed by atoms with van der Waals surface area (Å²) in [5.41, 5.74) is 6.00. The highest BCUT2D eigenvalue weighted by Gasteiger charge is 2.11. The van der Waals surface area contributed by atoms with E-state index in [2.05, 4.69) is 41.2 Å². The van der Waals surface area contributed by atoms with E-state index < -0.39 is 0 Å². The Labute approximate surface area is 210 Å². The summed E-state index contributed by atoms with van der Waals surface area (Å²) in [6.45, 7) is 0. The molecule has 7 nitrogen and oxygen atoms in total. The number of hydrogen-bond acceptors (Lipinski definition) is 6. The fraction of sp³-hybridized carbons (Fsp3) is 0. The molecule has 0 aliphatic rings. The first-order valence-electron chi connectivity index (χ1n) is 11.1. The van der Waals surface area contributed by atoms with Crippen molar-refractivity contribution in [3.05, 3.63) is 109 Å². The molecule has 1 amide bonds. The molecule has 174 valence electrons. The van der Waals surface area contributed by atoms with Gasteiger partial charge in [-0.3, -0.25) is 14.8 Å². The number of anilines is 5. The van der Waals surface area contributed by atoms with Gasteiger partial charge in [-0.25, -0.2) is 0 Å². The topological polar surface area (TPSA) is 103 Å². The fourth-order valence-corrected chi connectivity index (χ4v) is 4.12. The van der Waals surface area contributed by atoms with Gasteiger partial charge in [-0.15, -0.1) is 9.24 Å². The van der Waals surface area contributed by atoms with Crippen molar-refractivity contribution in [2.75, 3.05) is 16.0 Å². The van der Waals surface area contributed by atoms with E-state index in [0.29, 0.717) is 16.8 Å². The number of nitriles is 1. The molecule has 3 aromatic carbocycles. The summed E-state index contributed by atoms with van der Waals surface area (Å²) >= 11 is 0. The largest absolute Gasteiger partial charge is 0.355 e. The van der Waals surface area contributed by atoms with Crippen molar-refractivity contribution >= 4 is 59.8 Å². The van der Waals surface area contributed by atoms with Crippen LogP contribution < -0.4 is 21.3 Å². The van der Waals surface area contributed by atoms with E-state index in [0.717, 1.165) is 39.0 Å². The van der Waals surface area contributed by atoms with Crippen LogP contribution in [0.2, 0.25) is 0 Å². The molecule has 0 saturated carbocycles. The zero-order valence-electron chi connectivity index (χ0n) is 19.1. The second-order valence-corrected chi connectivity index (χ2v) is 8.65. The Morgan fingerprint density at radius 2 is 1.64 bits per heavy atom. The average Bonchev–Trinajstić information content (AvgIpc) is 2.90. The van der Waals surface area contributed by atoms with Crippen molar-refractivity contribution in [1.82, 2.24) is 9.97 Å². The van der Waals surface area contributed by atoms with E-state index in [9.17, 15) is 10.1 Å². The number of benzene rings is 3. The molecule has 8 heteroatoms. The molecule has 0 bridgehead atoms. The summed E-state index contributed by atoms with van der Waals surface area (Å²) in [5.74, 6) is -0.209. The predicted molar refractivity (Wildman–Crippen MR) is 147 cm³/mol. The standard InChI is InChI=1S/C28H21N6OP/c29-17-18-4-6-24-23(14-18)25(10-13-31-24)34-26-7-5-19(15-27(26)36)28(35)33-22-3-1-2-21(16-22)32-20-8-11-30-12-9-20/h1-16H,36H2,(H,30,32)(H,31,34)(H,33,35). The lowest BCUT2D eigenvalue weighted by Crippen LogP contribution is -2.14. The smallest absolute Gasteiger partial charge is 0.255 e. The molecule has 36 heavy (non-hydrogen) atoms. The Bertz CT molecular complexity index is 1610. The number of aromatic nitrogens is 2. The van der Waals surface area contributed by atoms with Crippen LogP contribution in [0.4, 0.5) is 28.4 Å². The molecule has 0 fully saturated rings. The minimum absolute atomic E-state index is 0.209. The Morgan fingerprint density at radius 3 is 2.44 bits per heavy atom. The second-order valence-electron chi connectivity index (χ2n) is 8.03. The zero-order valence-corrected chi connectivity index (χ0v) is 20.2. The number of carbonyl (C=O) groups is 1. The maximum absolute atomic E-state index is 12.9. The highest BCUT2D eigenvalue weighted by Crippen LogP contribution is 2.26. The number of pyridine rings is 2. The van der Waals surface area contributed by atoms with Crippen molar-refractivity contribution in [3.63, 3.8) is 0 Å². The normalized spacial score (nSPS) is 10.4. The molecule has 0 spiro atoms. The van der Waals surface area contributed by atoms with E-state index in [-0.39, 0.29) is 5.91 Å². The van der Waals surface area contributed by atoms with Crippen LogP contribution in [0.5, 0.6) is 0 Å². The van der Waals surface area contributed by atoms with E-state index in [1.807, 2.05) is 66.7 Å². The van der Waals surface area contributed by atoms with Crippen molar-refractivity contribution < 1.29 is 4.79 Å². The molecule has 5 rings (SSSR count). The number of nitrogens with zero attached hydrogens (tertiary/aromatic N) is 3. The van der Waals surface area contributed by atoms with Gasteiger partial charge in [0, 0.05) is 58.0 Å². The summed E-state index contributed by atoms with van der Waals surface area (Å²) in [7, 11) is 2.67. The Hall–Kier alpha value is -4.79. The van der Waals surface area contributed by atoms with Gasteiger partial charge in [-0.05, 0) is 78.1 Å². The van der Waals surface area contributed by atoms with Crippen LogP contribution in [0.3, 0.4) is 0 Å². The van der Waals surface area contributed by atoms with Crippen LogP contribution in [0, 0.1) is 11.3 Å². The van der Waals surface area contributed by atoms with Crippen LogP contribution in [0.1, 0.15) is 15.9 Å². The van der Waals surface area contributed by atoms with Gasteiger partial charge in [0.15, 0.2) is 0 Å². The quantitative estimate of drug-likeness (QED) is 0.263. The molecule has 0 aliphatic carbocycles. The molecule has 5 aromatic rings. The molecule has 0 saturated heterocycles. The first-order chi connectivity index (χ1) is 17.6. The van der Waals surface area contributed by atoms with Crippen LogP contribution in [0.25, 0.3) is 10.9 Å². The van der Waals surface area contributed by atoms with Gasteiger partial charge >= 0.3 is 0 Å². The van der Waals surface area contributed by atoms with Gasteiger partial charge in [0.25, 0.3) is 5.91 Å². The molecular formula is C28H21N6OP. The molecule has 1 unspecified atom stereocenters. The van der Waals surface area contributed by atoms with Crippen molar-refractivity contribution in [2.45, 2.75) is 0 Å². The second kappa shape index (κ2) is 10.2. The van der Waals surface area contributed by atoms with Gasteiger partial charge in [-0.2, -0.15) is 5.26 Å². The maximum Gasteiger partial charge on any atom is 0.255 e. The third-order valence-corrected chi connectivity index (χ3v) is 6.02. The van der Waals surface area contributed by atoms with Crippen molar-refractivity contribution in [1.29, 1.82) is 5.26 Å². The Balaban J connectivity index is 1.32. The lowest BCUT2D eigenvalue weighted by Gasteiger charge is -2.14. The zero-order chi connectivity index (χ0) is 24.9. The van der Waals surface area contributed by atoms with E-state index >= 15 is 0 Å². The molecule has 2 aromatic heterocycles. The third kappa shape index (κ3) is 5.15. The molecule has 2 heterocycles. The summed E-state index contributed by atoms with van der Waals surface area (Å²) in [6, 6.07) is 26.1. The Kier molecular flexibility index (Phi) is 6.53. The lowest BCUT2D eigenvalue weighted by molar-refractivity contribution is 0.102. The predicted octanol–water partition coefficient (Wildman–Crippen LogP) is 5.74. The minimum Gasteiger partial charge on any atom is -0.355 e. The third-order valence-electron chi connectivity index (χ3n) is 5.54. The SMILES string of the molecule is N#Cc1ccc2nccc(Nc3ccc(C(=O)Nc4cccc(Nc5ccncc5)c4)cc3P)c2c1. The number of nitrogens with one attached hydrogen (secondary N) is 3. The monoisotopic (exact) mass is 488 g/mol. The molecule has 1 atom stereocenters. The van der Waals surface area contributed by atoms with Gasteiger partial charge in [0.1, 0.15) is 0 Å². The van der Waals surface area contributed by atoms with E-state index in [4.69, 9.17) is 0 Å². The summed E-state index contributed by atoms with van der Waals surface area (Å²) in [4.78, 5) is 21.3.